The number of halogens is 4. The van der Waals surface area contributed by atoms with Gasteiger partial charge in [0.05, 0.1) is 15.9 Å². The lowest BCUT2D eigenvalue weighted by molar-refractivity contribution is -0.141. The van der Waals surface area contributed by atoms with Crippen molar-refractivity contribution in [2.24, 2.45) is 5.73 Å². The van der Waals surface area contributed by atoms with E-state index >= 15 is 0 Å². The van der Waals surface area contributed by atoms with E-state index in [1.54, 1.807) is 0 Å². The molecule has 2 heterocycles. The molecule has 9 heteroatoms. The van der Waals surface area contributed by atoms with E-state index in [0.717, 1.165) is 14.7 Å². The molecule has 2 aromatic heterocycles. The highest BCUT2D eigenvalue weighted by Gasteiger charge is 2.33. The second-order valence-electron chi connectivity index (χ2n) is 4.01. The summed E-state index contributed by atoms with van der Waals surface area (Å²) in [7, 11) is 0. The van der Waals surface area contributed by atoms with Crippen molar-refractivity contribution in [1.29, 1.82) is 0 Å². The van der Waals surface area contributed by atoms with Crippen molar-refractivity contribution in [1.82, 2.24) is 4.98 Å². The summed E-state index contributed by atoms with van der Waals surface area (Å²) < 4.78 is 39.1. The molecule has 0 amide bonds. The highest BCUT2D eigenvalue weighted by molar-refractivity contribution is 9.11. The van der Waals surface area contributed by atoms with E-state index in [1.807, 2.05) is 12.1 Å². The third-order valence-electron chi connectivity index (χ3n) is 2.51. The van der Waals surface area contributed by atoms with Crippen LogP contribution < -0.4 is 11.1 Å². The van der Waals surface area contributed by atoms with Crippen LogP contribution in [-0.2, 0) is 12.7 Å². The third kappa shape index (κ3) is 4.14. The molecule has 0 aliphatic rings. The van der Waals surface area contributed by atoms with Gasteiger partial charge in [0.1, 0.15) is 16.5 Å². The zero-order valence-electron chi connectivity index (χ0n) is 10.4. The van der Waals surface area contributed by atoms with Gasteiger partial charge in [-0.3, -0.25) is 0 Å². The molecule has 0 bridgehead atoms. The number of thiocarbonyl (C=S) groups is 1. The van der Waals surface area contributed by atoms with Crippen molar-refractivity contribution in [3.63, 3.8) is 0 Å². The van der Waals surface area contributed by atoms with Crippen molar-refractivity contribution in [2.75, 3.05) is 5.32 Å². The molecule has 2 rings (SSSR count). The number of thiophene rings is 1. The minimum atomic E-state index is -4.52. The number of pyridine rings is 1. The first-order valence-corrected chi connectivity index (χ1v) is 7.65. The number of alkyl halides is 3. The predicted octanol–water partition coefficient (Wildman–Crippen LogP) is 4.17. The molecule has 3 nitrogen and oxygen atoms in total. The largest absolute Gasteiger partial charge is 0.433 e. The van der Waals surface area contributed by atoms with Crippen LogP contribution in [-0.4, -0.2) is 9.97 Å². The van der Waals surface area contributed by atoms with Gasteiger partial charge in [-0.15, -0.1) is 11.3 Å². The quantitative estimate of drug-likeness (QED) is 0.762. The lowest BCUT2D eigenvalue weighted by Crippen LogP contribution is -2.17. The molecule has 0 radical (unpaired) electrons. The summed E-state index contributed by atoms with van der Waals surface area (Å²) in [4.78, 5) is 4.51. The van der Waals surface area contributed by atoms with Gasteiger partial charge in [-0.1, -0.05) is 12.2 Å². The first-order valence-electron chi connectivity index (χ1n) is 5.63. The number of anilines is 1. The fraction of sp³-hybridized carbons (Fsp3) is 0.167. The summed E-state index contributed by atoms with van der Waals surface area (Å²) in [5.41, 5.74) is 4.81. The van der Waals surface area contributed by atoms with Crippen LogP contribution in [0.2, 0.25) is 0 Å². The summed E-state index contributed by atoms with van der Waals surface area (Å²) in [5, 5.41) is 2.85. The minimum absolute atomic E-state index is 0.00825. The van der Waals surface area contributed by atoms with Crippen LogP contribution in [0.3, 0.4) is 0 Å². The molecule has 0 aliphatic carbocycles. The average Bonchev–Trinajstić information content (AvgIpc) is 2.80. The molecule has 0 fully saturated rings. The topological polar surface area (TPSA) is 50.9 Å². The molecule has 112 valence electrons. The molecule has 3 N–H and O–H groups in total. The Labute approximate surface area is 136 Å². The summed E-state index contributed by atoms with van der Waals surface area (Å²) in [6.07, 6.45) is -4.52. The first kappa shape index (κ1) is 16.2. The Bertz CT molecular complexity index is 670. The summed E-state index contributed by atoms with van der Waals surface area (Å²) in [6.45, 7) is 0.334. The minimum Gasteiger partial charge on any atom is -0.389 e. The predicted molar refractivity (Wildman–Crippen MR) is 84.5 cm³/mol. The Balaban J connectivity index is 2.28. The average molecular weight is 396 g/mol. The highest BCUT2D eigenvalue weighted by Crippen LogP contribution is 2.30. The van der Waals surface area contributed by atoms with Crippen LogP contribution >= 0.6 is 39.5 Å². The molecule has 0 saturated carbocycles. The van der Waals surface area contributed by atoms with Gasteiger partial charge in [0.2, 0.25) is 0 Å². The maximum atomic E-state index is 12.7. The molecule has 0 spiro atoms. The van der Waals surface area contributed by atoms with Crippen LogP contribution in [0.4, 0.5) is 19.0 Å². The second-order valence-corrected chi connectivity index (χ2v) is 7.00. The molecule has 0 aromatic carbocycles. The Hall–Kier alpha value is -1.19. The second kappa shape index (κ2) is 6.29. The lowest BCUT2D eigenvalue weighted by Gasteiger charge is -2.13. The van der Waals surface area contributed by atoms with E-state index < -0.39 is 11.9 Å². The lowest BCUT2D eigenvalue weighted by atomic mass is 10.2. The van der Waals surface area contributed by atoms with E-state index in [1.165, 1.54) is 17.4 Å². The fourth-order valence-electron chi connectivity index (χ4n) is 1.57. The molecule has 0 unspecified atom stereocenters. The van der Waals surface area contributed by atoms with Crippen molar-refractivity contribution in [2.45, 2.75) is 12.7 Å². The normalized spacial score (nSPS) is 11.4. The molecule has 0 saturated heterocycles. The van der Waals surface area contributed by atoms with Crippen LogP contribution in [0.25, 0.3) is 0 Å². The van der Waals surface area contributed by atoms with Gasteiger partial charge in [0, 0.05) is 4.88 Å². The maximum Gasteiger partial charge on any atom is 0.433 e. The Morgan fingerprint density at radius 1 is 1.33 bits per heavy atom. The van der Waals surface area contributed by atoms with Crippen molar-refractivity contribution < 1.29 is 13.2 Å². The monoisotopic (exact) mass is 395 g/mol. The van der Waals surface area contributed by atoms with Gasteiger partial charge in [0.15, 0.2) is 0 Å². The van der Waals surface area contributed by atoms with Crippen molar-refractivity contribution in [3.8, 4) is 0 Å². The van der Waals surface area contributed by atoms with Crippen molar-refractivity contribution in [3.05, 3.63) is 44.2 Å². The zero-order valence-corrected chi connectivity index (χ0v) is 13.6. The number of rotatable bonds is 4. The van der Waals surface area contributed by atoms with E-state index in [9.17, 15) is 13.2 Å². The summed E-state index contributed by atoms with van der Waals surface area (Å²) >= 11 is 9.62. The van der Waals surface area contributed by atoms with Gasteiger partial charge >= 0.3 is 6.18 Å². The Kier molecular flexibility index (Phi) is 4.84. The number of nitrogens with one attached hydrogen (secondary N) is 1. The molecular formula is C12H9BrF3N3S2. The molecule has 2 aromatic rings. The third-order valence-corrected chi connectivity index (χ3v) is 4.35. The molecule has 0 aliphatic heterocycles. The van der Waals surface area contributed by atoms with Crippen LogP contribution in [0.5, 0.6) is 0 Å². The maximum absolute atomic E-state index is 12.7. The Morgan fingerprint density at radius 2 is 2.05 bits per heavy atom. The van der Waals surface area contributed by atoms with Gasteiger partial charge in [0.25, 0.3) is 0 Å². The molecule has 0 atom stereocenters. The molecular weight excluding hydrogens is 387 g/mol. The Morgan fingerprint density at radius 3 is 2.57 bits per heavy atom. The highest BCUT2D eigenvalue weighted by atomic mass is 79.9. The number of nitrogens with two attached hydrogens (primary N) is 1. The zero-order chi connectivity index (χ0) is 15.6. The van der Waals surface area contributed by atoms with E-state index in [0.29, 0.717) is 6.54 Å². The number of hydrogen-bond acceptors (Lipinski definition) is 4. The van der Waals surface area contributed by atoms with Crippen LogP contribution in [0.1, 0.15) is 16.1 Å². The van der Waals surface area contributed by atoms with E-state index in [2.05, 4.69) is 26.2 Å². The van der Waals surface area contributed by atoms with Crippen LogP contribution in [0.15, 0.2) is 28.1 Å². The fourth-order valence-corrected chi connectivity index (χ4v) is 3.16. The molecule has 21 heavy (non-hydrogen) atoms. The van der Waals surface area contributed by atoms with Crippen molar-refractivity contribution >= 4 is 50.3 Å². The standard InChI is InChI=1S/C12H9BrF3N3S2/c13-9-4-1-6(21-9)5-18-11-7(10(17)20)2-3-8(19-11)12(14,15)16/h1-4H,5H2,(H2,17,20)(H,18,19). The van der Waals surface area contributed by atoms with Crippen LogP contribution in [0, 0.1) is 0 Å². The first-order chi connectivity index (χ1) is 9.77. The van der Waals surface area contributed by atoms with Gasteiger partial charge in [-0.05, 0) is 40.2 Å². The summed E-state index contributed by atoms with van der Waals surface area (Å²) in [6, 6.07) is 5.80. The number of nitrogens with zero attached hydrogens (tertiary/aromatic N) is 1. The van der Waals surface area contributed by atoms with Gasteiger partial charge in [-0.25, -0.2) is 4.98 Å². The number of hydrogen-bond donors (Lipinski definition) is 2. The summed E-state index contributed by atoms with van der Waals surface area (Å²) in [5.74, 6) is 0.0295. The van der Waals surface area contributed by atoms with Gasteiger partial charge in [-0.2, -0.15) is 13.2 Å². The smallest absolute Gasteiger partial charge is 0.389 e. The van der Waals surface area contributed by atoms with E-state index in [-0.39, 0.29) is 16.4 Å². The van der Waals surface area contributed by atoms with E-state index in [4.69, 9.17) is 18.0 Å². The van der Waals surface area contributed by atoms with Gasteiger partial charge < -0.3 is 11.1 Å². The number of aromatic nitrogens is 1. The SMILES string of the molecule is NC(=S)c1ccc(C(F)(F)F)nc1NCc1ccc(Br)s1.